The third-order valence-corrected chi connectivity index (χ3v) is 3.55. The molecule has 1 aliphatic rings. The lowest BCUT2D eigenvalue weighted by molar-refractivity contribution is -0.0424. The van der Waals surface area contributed by atoms with Gasteiger partial charge in [-0.25, -0.2) is 4.98 Å². The van der Waals surface area contributed by atoms with Crippen LogP contribution in [-0.2, 0) is 23.2 Å². The molecular weight excluding hydrogens is 284 g/mol. The Kier molecular flexibility index (Phi) is 4.21. The summed E-state index contributed by atoms with van der Waals surface area (Å²) in [5, 5.41) is 12.4. The third kappa shape index (κ3) is 3.69. The molecule has 0 amide bonds. The molecule has 0 N–H and O–H groups in total. The van der Waals surface area contributed by atoms with Crippen molar-refractivity contribution in [2.45, 2.75) is 45.4 Å². The van der Waals surface area contributed by atoms with Gasteiger partial charge in [0.1, 0.15) is 12.7 Å². The summed E-state index contributed by atoms with van der Waals surface area (Å²) >= 11 is 0. The monoisotopic (exact) mass is 306 g/mol. The number of morpholine rings is 1. The van der Waals surface area contributed by atoms with Crippen LogP contribution in [-0.4, -0.2) is 55.7 Å². The molecule has 1 fully saturated rings. The SMILES string of the molecule is CC(C)(C)c1nnc(CN2CCO[C@@H](Cn3cncn3)C2)o1. The van der Waals surface area contributed by atoms with E-state index in [1.54, 1.807) is 11.0 Å². The molecule has 0 aromatic carbocycles. The van der Waals surface area contributed by atoms with E-state index < -0.39 is 0 Å². The molecule has 0 aliphatic carbocycles. The Morgan fingerprint density at radius 3 is 2.86 bits per heavy atom. The number of ether oxygens (including phenoxy) is 1. The van der Waals surface area contributed by atoms with Crippen molar-refractivity contribution < 1.29 is 9.15 Å². The predicted octanol–water partition coefficient (Wildman–Crippen LogP) is 0.860. The lowest BCUT2D eigenvalue weighted by Gasteiger charge is -2.31. The van der Waals surface area contributed by atoms with Crippen LogP contribution in [0.15, 0.2) is 17.1 Å². The normalized spacial score (nSPS) is 20.4. The zero-order chi connectivity index (χ0) is 15.6. The van der Waals surface area contributed by atoms with Gasteiger partial charge in [0.25, 0.3) is 0 Å². The molecule has 1 saturated heterocycles. The molecule has 0 unspecified atom stereocenters. The first-order valence-corrected chi connectivity index (χ1v) is 7.50. The average molecular weight is 306 g/mol. The quantitative estimate of drug-likeness (QED) is 0.828. The minimum atomic E-state index is -0.119. The molecule has 2 aromatic rings. The molecule has 2 aromatic heterocycles. The van der Waals surface area contributed by atoms with Crippen molar-refractivity contribution in [3.8, 4) is 0 Å². The fourth-order valence-corrected chi connectivity index (χ4v) is 2.38. The largest absolute Gasteiger partial charge is 0.423 e. The van der Waals surface area contributed by atoms with Crippen LogP contribution in [0.1, 0.15) is 32.6 Å². The second kappa shape index (κ2) is 6.13. The van der Waals surface area contributed by atoms with Crippen LogP contribution in [0.5, 0.6) is 0 Å². The molecule has 8 nitrogen and oxygen atoms in total. The van der Waals surface area contributed by atoms with E-state index in [1.165, 1.54) is 6.33 Å². The first kappa shape index (κ1) is 15.1. The maximum absolute atomic E-state index is 5.78. The molecular formula is C14H22N6O2. The molecule has 0 bridgehead atoms. The van der Waals surface area contributed by atoms with Crippen LogP contribution in [0.25, 0.3) is 0 Å². The maximum Gasteiger partial charge on any atom is 0.230 e. The molecule has 1 aliphatic heterocycles. The van der Waals surface area contributed by atoms with Gasteiger partial charge in [0.2, 0.25) is 11.8 Å². The number of hydrogen-bond acceptors (Lipinski definition) is 7. The fraction of sp³-hybridized carbons (Fsp3) is 0.714. The molecule has 1 atom stereocenters. The standard InChI is InChI=1S/C14H22N6O2/c1-14(2,3)13-18-17-12(22-13)8-19-4-5-21-11(6-19)7-20-10-15-9-16-20/h9-11H,4-8H2,1-3H3/t11-/m1/s1. The van der Waals surface area contributed by atoms with Crippen LogP contribution in [0.2, 0.25) is 0 Å². The first-order valence-electron chi connectivity index (χ1n) is 7.50. The Balaban J connectivity index is 1.57. The highest BCUT2D eigenvalue weighted by atomic mass is 16.5. The number of rotatable bonds is 4. The van der Waals surface area contributed by atoms with Gasteiger partial charge >= 0.3 is 0 Å². The van der Waals surface area contributed by atoms with Crippen molar-refractivity contribution >= 4 is 0 Å². The second-order valence-electron chi connectivity index (χ2n) is 6.60. The number of hydrogen-bond donors (Lipinski definition) is 0. The van der Waals surface area contributed by atoms with Gasteiger partial charge in [-0.2, -0.15) is 5.10 Å². The molecule has 0 radical (unpaired) electrons. The van der Waals surface area contributed by atoms with Crippen molar-refractivity contribution in [3.05, 3.63) is 24.4 Å². The van der Waals surface area contributed by atoms with E-state index in [9.17, 15) is 0 Å². The molecule has 0 saturated carbocycles. The Morgan fingerprint density at radius 2 is 2.18 bits per heavy atom. The van der Waals surface area contributed by atoms with Crippen molar-refractivity contribution in [2.75, 3.05) is 19.7 Å². The van der Waals surface area contributed by atoms with Gasteiger partial charge in [-0.3, -0.25) is 9.58 Å². The molecule has 3 heterocycles. The summed E-state index contributed by atoms with van der Waals surface area (Å²) in [5.41, 5.74) is -0.119. The van der Waals surface area contributed by atoms with E-state index in [0.717, 1.165) is 13.1 Å². The topological polar surface area (TPSA) is 82.1 Å². The van der Waals surface area contributed by atoms with Gasteiger partial charge in [0, 0.05) is 18.5 Å². The van der Waals surface area contributed by atoms with Crippen molar-refractivity contribution in [1.82, 2.24) is 29.9 Å². The van der Waals surface area contributed by atoms with Crippen molar-refractivity contribution in [1.29, 1.82) is 0 Å². The van der Waals surface area contributed by atoms with Crippen molar-refractivity contribution in [2.24, 2.45) is 0 Å². The van der Waals surface area contributed by atoms with Gasteiger partial charge < -0.3 is 9.15 Å². The van der Waals surface area contributed by atoms with Crippen LogP contribution >= 0.6 is 0 Å². The first-order chi connectivity index (χ1) is 10.5. The molecule has 0 spiro atoms. The van der Waals surface area contributed by atoms with E-state index >= 15 is 0 Å². The van der Waals surface area contributed by atoms with Gasteiger partial charge in [0.15, 0.2) is 0 Å². The van der Waals surface area contributed by atoms with Crippen LogP contribution < -0.4 is 0 Å². The highest BCUT2D eigenvalue weighted by Gasteiger charge is 2.25. The van der Waals surface area contributed by atoms with Gasteiger partial charge in [-0.1, -0.05) is 20.8 Å². The van der Waals surface area contributed by atoms with E-state index in [1.807, 2.05) is 0 Å². The maximum atomic E-state index is 5.78. The van der Waals surface area contributed by atoms with E-state index in [4.69, 9.17) is 9.15 Å². The van der Waals surface area contributed by atoms with Crippen LogP contribution in [0.4, 0.5) is 0 Å². The third-order valence-electron chi connectivity index (χ3n) is 3.55. The molecule has 120 valence electrons. The Labute approximate surface area is 129 Å². The Morgan fingerprint density at radius 1 is 1.32 bits per heavy atom. The average Bonchev–Trinajstić information content (AvgIpc) is 3.10. The zero-order valence-electron chi connectivity index (χ0n) is 13.3. The number of aromatic nitrogens is 5. The van der Waals surface area contributed by atoms with Gasteiger partial charge in [0.05, 0.1) is 25.8 Å². The summed E-state index contributed by atoms with van der Waals surface area (Å²) in [6.07, 6.45) is 3.34. The van der Waals surface area contributed by atoms with Crippen LogP contribution in [0.3, 0.4) is 0 Å². The predicted molar refractivity (Wildman–Crippen MR) is 78.0 cm³/mol. The van der Waals surface area contributed by atoms with Gasteiger partial charge in [-0.15, -0.1) is 10.2 Å². The molecule has 3 rings (SSSR count). The molecule has 22 heavy (non-hydrogen) atoms. The summed E-state index contributed by atoms with van der Waals surface area (Å²) in [5.74, 6) is 1.33. The van der Waals surface area contributed by atoms with E-state index in [-0.39, 0.29) is 11.5 Å². The van der Waals surface area contributed by atoms with Crippen molar-refractivity contribution in [3.63, 3.8) is 0 Å². The fourth-order valence-electron chi connectivity index (χ4n) is 2.38. The Hall–Kier alpha value is -1.80. The van der Waals surface area contributed by atoms with Gasteiger partial charge in [-0.05, 0) is 0 Å². The molecule has 8 heteroatoms. The summed E-state index contributed by atoms with van der Waals surface area (Å²) in [4.78, 5) is 6.22. The minimum Gasteiger partial charge on any atom is -0.423 e. The second-order valence-corrected chi connectivity index (χ2v) is 6.60. The lowest BCUT2D eigenvalue weighted by Crippen LogP contribution is -2.43. The van der Waals surface area contributed by atoms with E-state index in [2.05, 4.69) is 46.0 Å². The Bertz CT molecular complexity index is 589. The highest BCUT2D eigenvalue weighted by Crippen LogP contribution is 2.21. The summed E-state index contributed by atoms with van der Waals surface area (Å²) in [7, 11) is 0. The smallest absolute Gasteiger partial charge is 0.230 e. The van der Waals surface area contributed by atoms with Crippen LogP contribution in [0, 0.1) is 0 Å². The highest BCUT2D eigenvalue weighted by molar-refractivity contribution is 4.96. The number of nitrogens with zero attached hydrogens (tertiary/aromatic N) is 6. The summed E-state index contributed by atoms with van der Waals surface area (Å²) < 4.78 is 13.3. The lowest BCUT2D eigenvalue weighted by atomic mass is 9.97. The summed E-state index contributed by atoms with van der Waals surface area (Å²) in [6.45, 7) is 9.91. The van der Waals surface area contributed by atoms with E-state index in [0.29, 0.717) is 31.5 Å². The minimum absolute atomic E-state index is 0.0976. The summed E-state index contributed by atoms with van der Waals surface area (Å²) in [6, 6.07) is 0. The zero-order valence-corrected chi connectivity index (χ0v) is 13.3.